The minimum atomic E-state index is 0.0731. The fourth-order valence-corrected chi connectivity index (χ4v) is 3.03. The Morgan fingerprint density at radius 2 is 1.89 bits per heavy atom. The van der Waals surface area contributed by atoms with Crippen molar-refractivity contribution in [3.8, 4) is 11.1 Å². The van der Waals surface area contributed by atoms with Gasteiger partial charge in [-0.1, -0.05) is 35.6 Å². The van der Waals surface area contributed by atoms with Gasteiger partial charge in [0, 0.05) is 0 Å². The van der Waals surface area contributed by atoms with Crippen LogP contribution >= 0.6 is 11.3 Å². The molecule has 3 N–H and O–H groups in total. The van der Waals surface area contributed by atoms with Gasteiger partial charge in [0.2, 0.25) is 0 Å². The summed E-state index contributed by atoms with van der Waals surface area (Å²) >= 11 is 1.51. The van der Waals surface area contributed by atoms with Crippen LogP contribution in [-0.4, -0.2) is 10.1 Å². The summed E-state index contributed by atoms with van der Waals surface area (Å²) < 4.78 is 1.11. The standard InChI is InChI=1S/C15H14N2OS/c1-9-6-12(7-13-14(9)17-15(16)19-13)11-4-2-10(8-18)3-5-11/h2-7,18H,8H2,1H3,(H2,16,17). The lowest BCUT2D eigenvalue weighted by molar-refractivity contribution is 0.282. The predicted octanol–water partition coefficient (Wildman–Crippen LogP) is 3.35. The van der Waals surface area contributed by atoms with E-state index in [2.05, 4.69) is 17.1 Å². The molecule has 0 atom stereocenters. The van der Waals surface area contributed by atoms with E-state index in [1.54, 1.807) is 0 Å². The number of benzene rings is 2. The average molecular weight is 270 g/mol. The summed E-state index contributed by atoms with van der Waals surface area (Å²) in [5.74, 6) is 0. The van der Waals surface area contributed by atoms with Gasteiger partial charge in [-0.15, -0.1) is 0 Å². The normalized spacial score (nSPS) is 11.1. The van der Waals surface area contributed by atoms with E-state index in [0.29, 0.717) is 5.13 Å². The van der Waals surface area contributed by atoms with Crippen molar-refractivity contribution in [2.24, 2.45) is 0 Å². The number of fused-ring (bicyclic) bond motifs is 1. The van der Waals surface area contributed by atoms with E-state index >= 15 is 0 Å². The van der Waals surface area contributed by atoms with Gasteiger partial charge in [0.1, 0.15) is 0 Å². The van der Waals surface area contributed by atoms with Crippen LogP contribution in [-0.2, 0) is 6.61 Å². The molecule has 0 aliphatic rings. The first-order valence-corrected chi connectivity index (χ1v) is 6.86. The molecular formula is C15H14N2OS. The van der Waals surface area contributed by atoms with Crippen molar-refractivity contribution in [3.63, 3.8) is 0 Å². The van der Waals surface area contributed by atoms with Crippen LogP contribution in [0.2, 0.25) is 0 Å². The van der Waals surface area contributed by atoms with E-state index < -0.39 is 0 Å². The molecule has 0 fully saturated rings. The van der Waals surface area contributed by atoms with Crippen LogP contribution in [0.15, 0.2) is 36.4 Å². The first-order valence-electron chi connectivity index (χ1n) is 6.04. The molecule has 96 valence electrons. The van der Waals surface area contributed by atoms with Crippen molar-refractivity contribution < 1.29 is 5.11 Å². The molecule has 3 rings (SSSR count). The molecule has 0 spiro atoms. The highest BCUT2D eigenvalue weighted by Gasteiger charge is 2.07. The van der Waals surface area contributed by atoms with Gasteiger partial charge in [-0.25, -0.2) is 4.98 Å². The molecule has 3 aromatic rings. The van der Waals surface area contributed by atoms with Crippen LogP contribution in [0.3, 0.4) is 0 Å². The third-order valence-corrected chi connectivity index (χ3v) is 4.00. The third-order valence-electron chi connectivity index (χ3n) is 3.17. The number of aliphatic hydroxyl groups excluding tert-OH is 1. The highest BCUT2D eigenvalue weighted by molar-refractivity contribution is 7.22. The maximum Gasteiger partial charge on any atom is 0.181 e. The van der Waals surface area contributed by atoms with Crippen molar-refractivity contribution in [3.05, 3.63) is 47.5 Å². The number of thiazole rings is 1. The predicted molar refractivity (Wildman–Crippen MR) is 80.1 cm³/mol. The number of hydrogen-bond donors (Lipinski definition) is 2. The molecule has 0 aliphatic heterocycles. The van der Waals surface area contributed by atoms with Gasteiger partial charge in [-0.05, 0) is 41.3 Å². The Morgan fingerprint density at radius 3 is 2.58 bits per heavy atom. The number of aromatic nitrogens is 1. The Labute approximate surface area is 115 Å². The lowest BCUT2D eigenvalue weighted by Crippen LogP contribution is -1.85. The highest BCUT2D eigenvalue weighted by Crippen LogP contribution is 2.31. The number of anilines is 1. The molecule has 0 unspecified atom stereocenters. The quantitative estimate of drug-likeness (QED) is 0.750. The lowest BCUT2D eigenvalue weighted by Gasteiger charge is -2.05. The number of aliphatic hydroxyl groups is 1. The van der Waals surface area contributed by atoms with Crippen molar-refractivity contribution in [2.75, 3.05) is 5.73 Å². The number of rotatable bonds is 2. The summed E-state index contributed by atoms with van der Waals surface area (Å²) in [6.07, 6.45) is 0. The Bertz CT molecular complexity index is 732. The van der Waals surface area contributed by atoms with E-state index in [9.17, 15) is 0 Å². The first kappa shape index (κ1) is 12.1. The zero-order valence-corrected chi connectivity index (χ0v) is 11.4. The van der Waals surface area contributed by atoms with Crippen LogP contribution in [0.25, 0.3) is 21.3 Å². The smallest absolute Gasteiger partial charge is 0.181 e. The molecule has 19 heavy (non-hydrogen) atoms. The number of hydrogen-bond acceptors (Lipinski definition) is 4. The summed E-state index contributed by atoms with van der Waals surface area (Å²) in [7, 11) is 0. The number of nitrogens with two attached hydrogens (primary N) is 1. The second kappa shape index (κ2) is 4.64. The molecule has 0 saturated heterocycles. The van der Waals surface area contributed by atoms with Gasteiger partial charge in [0.25, 0.3) is 0 Å². The van der Waals surface area contributed by atoms with Crippen molar-refractivity contribution in [1.82, 2.24) is 4.98 Å². The number of aryl methyl sites for hydroxylation is 1. The molecular weight excluding hydrogens is 256 g/mol. The lowest BCUT2D eigenvalue weighted by atomic mass is 10.0. The van der Waals surface area contributed by atoms with Crippen molar-refractivity contribution in [2.45, 2.75) is 13.5 Å². The monoisotopic (exact) mass is 270 g/mol. The van der Waals surface area contributed by atoms with Gasteiger partial charge in [-0.2, -0.15) is 0 Å². The minimum Gasteiger partial charge on any atom is -0.392 e. The zero-order chi connectivity index (χ0) is 13.4. The van der Waals surface area contributed by atoms with Crippen LogP contribution in [0.5, 0.6) is 0 Å². The summed E-state index contributed by atoms with van der Waals surface area (Å²) in [4.78, 5) is 4.34. The average Bonchev–Trinajstić information content (AvgIpc) is 2.80. The maximum absolute atomic E-state index is 9.07. The summed E-state index contributed by atoms with van der Waals surface area (Å²) in [6.45, 7) is 2.12. The van der Waals surface area contributed by atoms with Crippen LogP contribution < -0.4 is 5.73 Å². The van der Waals surface area contributed by atoms with Gasteiger partial charge < -0.3 is 10.8 Å². The molecule has 2 aromatic carbocycles. The molecule has 3 nitrogen and oxygen atoms in total. The number of nitrogens with zero attached hydrogens (tertiary/aromatic N) is 1. The Kier molecular flexibility index (Phi) is 2.97. The SMILES string of the molecule is Cc1cc(-c2ccc(CO)cc2)cc2sc(N)nc12. The maximum atomic E-state index is 9.07. The third kappa shape index (κ3) is 2.20. The topological polar surface area (TPSA) is 59.1 Å². The highest BCUT2D eigenvalue weighted by atomic mass is 32.1. The van der Waals surface area contributed by atoms with Crippen LogP contribution in [0.4, 0.5) is 5.13 Å². The van der Waals surface area contributed by atoms with Gasteiger partial charge in [0.15, 0.2) is 5.13 Å². The Morgan fingerprint density at radius 1 is 1.16 bits per heavy atom. The molecule has 0 radical (unpaired) electrons. The van der Waals surface area contributed by atoms with Gasteiger partial charge >= 0.3 is 0 Å². The van der Waals surface area contributed by atoms with Crippen LogP contribution in [0, 0.1) is 6.92 Å². The van der Waals surface area contributed by atoms with E-state index in [4.69, 9.17) is 10.8 Å². The van der Waals surface area contributed by atoms with Crippen molar-refractivity contribution >= 4 is 26.7 Å². The van der Waals surface area contributed by atoms with Crippen molar-refractivity contribution in [1.29, 1.82) is 0 Å². The molecule has 0 aliphatic carbocycles. The summed E-state index contributed by atoms with van der Waals surface area (Å²) in [5.41, 5.74) is 11.1. The first-order chi connectivity index (χ1) is 9.17. The molecule has 1 aromatic heterocycles. The second-order valence-corrected chi connectivity index (χ2v) is 5.61. The van der Waals surface area contributed by atoms with Gasteiger partial charge in [0.05, 0.1) is 16.8 Å². The molecule has 0 saturated carbocycles. The van der Waals surface area contributed by atoms with E-state index in [1.807, 2.05) is 31.2 Å². The summed E-state index contributed by atoms with van der Waals surface area (Å²) in [5, 5.41) is 9.67. The van der Waals surface area contributed by atoms with Gasteiger partial charge in [-0.3, -0.25) is 0 Å². The molecule has 1 heterocycles. The van der Waals surface area contributed by atoms with Crippen LogP contribution in [0.1, 0.15) is 11.1 Å². The van der Waals surface area contributed by atoms with E-state index in [1.165, 1.54) is 11.3 Å². The Balaban J connectivity index is 2.13. The molecule has 0 bridgehead atoms. The molecule has 0 amide bonds. The zero-order valence-electron chi connectivity index (χ0n) is 10.6. The second-order valence-electron chi connectivity index (χ2n) is 4.55. The van der Waals surface area contributed by atoms with E-state index in [-0.39, 0.29) is 6.61 Å². The van der Waals surface area contributed by atoms with E-state index in [0.717, 1.165) is 32.5 Å². The largest absolute Gasteiger partial charge is 0.392 e. The number of nitrogen functional groups attached to an aromatic ring is 1. The Hall–Kier alpha value is -1.91. The fraction of sp³-hybridized carbons (Fsp3) is 0.133. The minimum absolute atomic E-state index is 0.0731. The fourth-order valence-electron chi connectivity index (χ4n) is 2.18. The summed E-state index contributed by atoms with van der Waals surface area (Å²) in [6, 6.07) is 12.2. The molecule has 4 heteroatoms.